The van der Waals surface area contributed by atoms with Crippen LogP contribution in [-0.2, 0) is 20.7 Å². The molecule has 2 aromatic rings. The van der Waals surface area contributed by atoms with E-state index in [1.54, 1.807) is 0 Å². The summed E-state index contributed by atoms with van der Waals surface area (Å²) in [6.45, 7) is 8.94. The highest BCUT2D eigenvalue weighted by Crippen LogP contribution is 2.17. The van der Waals surface area contributed by atoms with Crippen LogP contribution in [-0.4, -0.2) is 73.5 Å². The van der Waals surface area contributed by atoms with Crippen LogP contribution in [0.15, 0.2) is 24.3 Å². The third-order valence-electron chi connectivity index (χ3n) is 6.04. The molecule has 40 heavy (non-hydrogen) atoms. The Morgan fingerprint density at radius 3 is 2.00 bits per heavy atom. The van der Waals surface area contributed by atoms with Crippen LogP contribution in [0.5, 0.6) is 0 Å². The van der Waals surface area contributed by atoms with Crippen LogP contribution in [0.1, 0.15) is 70.8 Å². The zero-order valence-corrected chi connectivity index (χ0v) is 24.5. The molecule has 0 aliphatic heterocycles. The summed E-state index contributed by atoms with van der Waals surface area (Å²) in [5, 5.41) is 12.8. The van der Waals surface area contributed by atoms with Gasteiger partial charge >= 0.3 is 0 Å². The van der Waals surface area contributed by atoms with E-state index < -0.39 is 0 Å². The third-order valence-corrected chi connectivity index (χ3v) is 6.04. The minimum Gasteiger partial charge on any atom is -0.378 e. The lowest BCUT2D eigenvalue weighted by atomic mass is 10.1. The molecular weight excluding hydrogens is 508 g/mol. The molecule has 0 bridgehead atoms. The minimum atomic E-state index is -0.0509. The lowest BCUT2D eigenvalue weighted by Gasteiger charge is -2.12. The number of amides is 1. The summed E-state index contributed by atoms with van der Waals surface area (Å²) in [5.74, 6) is 1.53. The standard InChI is InChI=1S/C29H50N8O3/c1-3-5-7-8-9-10-17-33-28-35-27(32-16-6-4-2)36-29(37-28)34-25-13-11-24(12-14-25)23-26(38)31-18-20-40-22-21-39-19-15-30/h11-14H,3-10,15-23,30H2,1-2H3,(H,31,38)(H3,32,33,34,35,36,37). The summed E-state index contributed by atoms with van der Waals surface area (Å²) < 4.78 is 10.7. The van der Waals surface area contributed by atoms with E-state index in [0.717, 1.165) is 43.6 Å². The fourth-order valence-corrected chi connectivity index (χ4v) is 3.82. The smallest absolute Gasteiger partial charge is 0.233 e. The molecule has 0 aliphatic rings. The van der Waals surface area contributed by atoms with Crippen LogP contribution in [0.4, 0.5) is 23.5 Å². The van der Waals surface area contributed by atoms with Crippen molar-refractivity contribution in [3.05, 3.63) is 29.8 Å². The van der Waals surface area contributed by atoms with Gasteiger partial charge in [-0.2, -0.15) is 15.0 Å². The molecular formula is C29H50N8O3. The van der Waals surface area contributed by atoms with Gasteiger partial charge in [-0.1, -0.05) is 64.5 Å². The highest BCUT2D eigenvalue weighted by Gasteiger charge is 2.08. The Hall–Kier alpha value is -3.02. The number of benzene rings is 1. The number of aromatic nitrogens is 3. The topological polar surface area (TPSA) is 148 Å². The lowest BCUT2D eigenvalue weighted by Crippen LogP contribution is -2.29. The Balaban J connectivity index is 1.82. The van der Waals surface area contributed by atoms with E-state index in [0.29, 0.717) is 63.8 Å². The maximum atomic E-state index is 12.3. The summed E-state index contributed by atoms with van der Waals surface area (Å²) in [7, 11) is 0. The Morgan fingerprint density at radius 2 is 1.32 bits per heavy atom. The number of rotatable bonds is 24. The second kappa shape index (κ2) is 21.8. The molecule has 11 heteroatoms. The summed E-state index contributed by atoms with van der Waals surface area (Å²) in [4.78, 5) is 25.9. The normalized spacial score (nSPS) is 10.9. The predicted molar refractivity (Wildman–Crippen MR) is 162 cm³/mol. The van der Waals surface area contributed by atoms with Gasteiger partial charge in [0.2, 0.25) is 23.8 Å². The summed E-state index contributed by atoms with van der Waals surface area (Å²) >= 11 is 0. The molecule has 6 N–H and O–H groups in total. The SMILES string of the molecule is CCCCCCCCNc1nc(NCCCC)nc(Nc2ccc(CC(=O)NCCOCCOCCN)cc2)n1. The Morgan fingerprint density at radius 1 is 0.725 bits per heavy atom. The first-order valence-electron chi connectivity index (χ1n) is 14.9. The second-order valence-corrected chi connectivity index (χ2v) is 9.64. The summed E-state index contributed by atoms with van der Waals surface area (Å²) in [6, 6.07) is 7.69. The molecule has 2 rings (SSSR count). The molecule has 0 unspecified atom stereocenters. The van der Waals surface area contributed by atoms with E-state index >= 15 is 0 Å². The van der Waals surface area contributed by atoms with E-state index in [1.165, 1.54) is 32.1 Å². The van der Waals surface area contributed by atoms with Crippen LogP contribution < -0.4 is 27.0 Å². The molecule has 1 aromatic heterocycles. The number of ether oxygens (including phenoxy) is 2. The number of hydrogen-bond acceptors (Lipinski definition) is 10. The number of anilines is 4. The lowest BCUT2D eigenvalue weighted by molar-refractivity contribution is -0.120. The molecule has 0 spiro atoms. The fourth-order valence-electron chi connectivity index (χ4n) is 3.82. The molecule has 0 saturated carbocycles. The fraction of sp³-hybridized carbons (Fsp3) is 0.655. The molecule has 1 amide bonds. The van der Waals surface area contributed by atoms with Crippen molar-refractivity contribution in [1.82, 2.24) is 20.3 Å². The molecule has 224 valence electrons. The van der Waals surface area contributed by atoms with E-state index in [2.05, 4.69) is 50.1 Å². The van der Waals surface area contributed by atoms with Gasteiger partial charge in [0.15, 0.2) is 0 Å². The first kappa shape index (κ1) is 33.2. The summed E-state index contributed by atoms with van der Waals surface area (Å²) in [5.41, 5.74) is 7.11. The quantitative estimate of drug-likeness (QED) is 0.118. The highest BCUT2D eigenvalue weighted by molar-refractivity contribution is 5.78. The maximum absolute atomic E-state index is 12.3. The van der Waals surface area contributed by atoms with Crippen molar-refractivity contribution >= 4 is 29.4 Å². The summed E-state index contributed by atoms with van der Waals surface area (Å²) in [6.07, 6.45) is 9.85. The van der Waals surface area contributed by atoms with Gasteiger partial charge in [-0.15, -0.1) is 0 Å². The van der Waals surface area contributed by atoms with E-state index in [-0.39, 0.29) is 5.91 Å². The van der Waals surface area contributed by atoms with Gasteiger partial charge in [0, 0.05) is 31.9 Å². The van der Waals surface area contributed by atoms with Crippen molar-refractivity contribution in [3.8, 4) is 0 Å². The molecule has 1 heterocycles. The number of carbonyl (C=O) groups is 1. The Kier molecular flexibility index (Phi) is 18.1. The average Bonchev–Trinajstić information content (AvgIpc) is 2.95. The zero-order valence-electron chi connectivity index (χ0n) is 24.5. The van der Waals surface area contributed by atoms with Crippen molar-refractivity contribution in [2.75, 3.05) is 68.6 Å². The first-order valence-corrected chi connectivity index (χ1v) is 14.9. The number of nitrogens with one attached hydrogen (secondary N) is 4. The van der Waals surface area contributed by atoms with Gasteiger partial charge < -0.3 is 36.5 Å². The molecule has 11 nitrogen and oxygen atoms in total. The highest BCUT2D eigenvalue weighted by atomic mass is 16.5. The van der Waals surface area contributed by atoms with Gasteiger partial charge in [0.25, 0.3) is 0 Å². The Bertz CT molecular complexity index is 930. The van der Waals surface area contributed by atoms with Crippen molar-refractivity contribution in [1.29, 1.82) is 0 Å². The molecule has 0 saturated heterocycles. The third kappa shape index (κ3) is 15.5. The van der Waals surface area contributed by atoms with Gasteiger partial charge in [0.05, 0.1) is 32.8 Å². The van der Waals surface area contributed by atoms with Crippen LogP contribution in [0.3, 0.4) is 0 Å². The van der Waals surface area contributed by atoms with Crippen LogP contribution in [0.25, 0.3) is 0 Å². The van der Waals surface area contributed by atoms with E-state index in [1.807, 2.05) is 24.3 Å². The number of carbonyl (C=O) groups excluding carboxylic acids is 1. The number of nitrogens with zero attached hydrogens (tertiary/aromatic N) is 3. The first-order chi connectivity index (χ1) is 19.6. The van der Waals surface area contributed by atoms with E-state index in [4.69, 9.17) is 15.2 Å². The number of hydrogen-bond donors (Lipinski definition) is 5. The number of nitrogens with two attached hydrogens (primary N) is 1. The van der Waals surface area contributed by atoms with Crippen molar-refractivity contribution in [3.63, 3.8) is 0 Å². The predicted octanol–water partition coefficient (Wildman–Crippen LogP) is 4.25. The van der Waals surface area contributed by atoms with Crippen LogP contribution in [0, 0.1) is 0 Å². The molecule has 0 fully saturated rings. The van der Waals surface area contributed by atoms with Crippen LogP contribution >= 0.6 is 0 Å². The average molecular weight is 559 g/mol. The van der Waals surface area contributed by atoms with Gasteiger partial charge in [0.1, 0.15) is 0 Å². The van der Waals surface area contributed by atoms with Crippen molar-refractivity contribution in [2.24, 2.45) is 5.73 Å². The van der Waals surface area contributed by atoms with Crippen molar-refractivity contribution in [2.45, 2.75) is 71.6 Å². The Labute approximate surface area is 239 Å². The largest absolute Gasteiger partial charge is 0.378 e. The minimum absolute atomic E-state index is 0.0509. The second-order valence-electron chi connectivity index (χ2n) is 9.64. The molecule has 1 aromatic carbocycles. The molecule has 0 aliphatic carbocycles. The molecule has 0 atom stereocenters. The van der Waals surface area contributed by atoms with Crippen LogP contribution in [0.2, 0.25) is 0 Å². The van der Waals surface area contributed by atoms with Gasteiger partial charge in [-0.25, -0.2) is 0 Å². The number of unbranched alkanes of at least 4 members (excludes halogenated alkanes) is 6. The maximum Gasteiger partial charge on any atom is 0.233 e. The zero-order chi connectivity index (χ0) is 28.7. The van der Waals surface area contributed by atoms with Gasteiger partial charge in [-0.05, 0) is 30.5 Å². The van der Waals surface area contributed by atoms with E-state index in [9.17, 15) is 4.79 Å². The molecule has 0 radical (unpaired) electrons. The van der Waals surface area contributed by atoms with Crippen molar-refractivity contribution < 1.29 is 14.3 Å². The van der Waals surface area contributed by atoms with Gasteiger partial charge in [-0.3, -0.25) is 4.79 Å². The monoisotopic (exact) mass is 558 g/mol.